The van der Waals surface area contributed by atoms with E-state index in [1.54, 1.807) is 48.5 Å². The van der Waals surface area contributed by atoms with Crippen LogP contribution in [0.3, 0.4) is 0 Å². The standard InChI is InChI=1S/C26H22N2O4S/c1-3-22(33-17-9-6-8-16(14-17)27-15(2)29)26(32)28-21-13-7-12-20-23(21)25(31)19-11-5-4-10-18(19)24(20)30/h4-14,22H,3H2,1-2H3,(H,27,29)(H,28,32). The average Bonchev–Trinajstić information content (AvgIpc) is 2.80. The number of carbonyl (C=O) groups excluding carboxylic acids is 4. The molecule has 2 amide bonds. The molecule has 3 aromatic carbocycles. The summed E-state index contributed by atoms with van der Waals surface area (Å²) in [6.45, 7) is 3.34. The molecule has 6 nitrogen and oxygen atoms in total. The molecule has 0 spiro atoms. The normalized spacial score (nSPS) is 13.0. The van der Waals surface area contributed by atoms with Crippen LogP contribution in [-0.4, -0.2) is 28.6 Å². The minimum absolute atomic E-state index is 0.170. The monoisotopic (exact) mass is 458 g/mol. The number of amides is 2. The van der Waals surface area contributed by atoms with Crippen LogP contribution in [0.1, 0.15) is 52.1 Å². The number of carbonyl (C=O) groups is 4. The first-order valence-electron chi connectivity index (χ1n) is 10.6. The number of anilines is 2. The topological polar surface area (TPSA) is 92.3 Å². The van der Waals surface area contributed by atoms with E-state index in [0.29, 0.717) is 34.5 Å². The van der Waals surface area contributed by atoms with Crippen molar-refractivity contribution in [2.24, 2.45) is 0 Å². The Hall–Kier alpha value is -3.71. The molecule has 33 heavy (non-hydrogen) atoms. The van der Waals surface area contributed by atoms with Gasteiger partial charge in [0.1, 0.15) is 0 Å². The highest BCUT2D eigenvalue weighted by molar-refractivity contribution is 8.00. The molecule has 0 aromatic heterocycles. The second kappa shape index (κ2) is 9.42. The molecule has 0 saturated heterocycles. The molecule has 0 heterocycles. The molecule has 0 radical (unpaired) electrons. The SMILES string of the molecule is CCC(Sc1cccc(NC(C)=O)c1)C(=O)Nc1cccc2c1C(=O)c1ccccc1C2=O. The summed E-state index contributed by atoms with van der Waals surface area (Å²) in [6.07, 6.45) is 0.547. The second-order valence-electron chi connectivity index (χ2n) is 7.64. The number of thioether (sulfide) groups is 1. The summed E-state index contributed by atoms with van der Waals surface area (Å²) in [5.74, 6) is -0.941. The third-order valence-corrected chi connectivity index (χ3v) is 6.66. The number of rotatable bonds is 6. The van der Waals surface area contributed by atoms with E-state index in [0.717, 1.165) is 4.90 Å². The summed E-state index contributed by atoms with van der Waals surface area (Å²) in [6, 6.07) is 18.9. The maximum absolute atomic E-state index is 13.2. The lowest BCUT2D eigenvalue weighted by Crippen LogP contribution is -2.28. The maximum atomic E-state index is 13.2. The van der Waals surface area contributed by atoms with Gasteiger partial charge in [-0.1, -0.05) is 49.4 Å². The average molecular weight is 459 g/mol. The van der Waals surface area contributed by atoms with E-state index in [4.69, 9.17) is 0 Å². The number of benzene rings is 3. The number of nitrogens with one attached hydrogen (secondary N) is 2. The number of hydrogen-bond donors (Lipinski definition) is 2. The molecule has 3 aromatic rings. The fourth-order valence-corrected chi connectivity index (χ4v) is 4.81. The summed E-state index contributed by atoms with van der Waals surface area (Å²) < 4.78 is 0. The van der Waals surface area contributed by atoms with E-state index in [-0.39, 0.29) is 28.9 Å². The summed E-state index contributed by atoms with van der Waals surface area (Å²) in [5, 5.41) is 5.17. The first-order chi connectivity index (χ1) is 15.9. The smallest absolute Gasteiger partial charge is 0.237 e. The van der Waals surface area contributed by atoms with Gasteiger partial charge in [-0.05, 0) is 30.7 Å². The van der Waals surface area contributed by atoms with Crippen molar-refractivity contribution in [3.8, 4) is 0 Å². The van der Waals surface area contributed by atoms with Gasteiger partial charge >= 0.3 is 0 Å². The van der Waals surface area contributed by atoms with E-state index < -0.39 is 5.25 Å². The Bertz CT molecular complexity index is 1280. The van der Waals surface area contributed by atoms with Crippen LogP contribution < -0.4 is 10.6 Å². The molecule has 7 heteroatoms. The van der Waals surface area contributed by atoms with Crippen molar-refractivity contribution in [2.45, 2.75) is 30.4 Å². The third-order valence-electron chi connectivity index (χ3n) is 5.31. The summed E-state index contributed by atoms with van der Waals surface area (Å²) in [5.41, 5.74) is 2.22. The van der Waals surface area contributed by atoms with Crippen LogP contribution in [0, 0.1) is 0 Å². The van der Waals surface area contributed by atoms with Crippen LogP contribution in [-0.2, 0) is 9.59 Å². The Labute approximate surface area is 195 Å². The molecule has 0 aliphatic heterocycles. The van der Waals surface area contributed by atoms with Gasteiger partial charge in [-0.25, -0.2) is 0 Å². The van der Waals surface area contributed by atoms with Gasteiger partial charge in [0.25, 0.3) is 0 Å². The van der Waals surface area contributed by atoms with E-state index >= 15 is 0 Å². The third kappa shape index (κ3) is 4.59. The zero-order valence-corrected chi connectivity index (χ0v) is 19.0. The van der Waals surface area contributed by atoms with Gasteiger partial charge in [0, 0.05) is 34.2 Å². The molecule has 4 rings (SSSR count). The molecule has 0 bridgehead atoms. The van der Waals surface area contributed by atoms with Gasteiger partial charge < -0.3 is 10.6 Å². The van der Waals surface area contributed by atoms with Crippen molar-refractivity contribution in [3.05, 3.63) is 89.0 Å². The lowest BCUT2D eigenvalue weighted by atomic mass is 9.83. The molecule has 0 fully saturated rings. The van der Waals surface area contributed by atoms with Gasteiger partial charge in [0.2, 0.25) is 11.8 Å². The number of ketones is 2. The summed E-state index contributed by atoms with van der Waals surface area (Å²) in [7, 11) is 0. The van der Waals surface area contributed by atoms with Gasteiger partial charge in [-0.2, -0.15) is 0 Å². The van der Waals surface area contributed by atoms with Crippen molar-refractivity contribution in [2.75, 3.05) is 10.6 Å². The maximum Gasteiger partial charge on any atom is 0.237 e. The van der Waals surface area contributed by atoms with Crippen molar-refractivity contribution in [3.63, 3.8) is 0 Å². The van der Waals surface area contributed by atoms with Gasteiger partial charge in [-0.15, -0.1) is 11.8 Å². The molecule has 1 atom stereocenters. The molecule has 2 N–H and O–H groups in total. The highest BCUT2D eigenvalue weighted by Gasteiger charge is 2.32. The first-order valence-corrected chi connectivity index (χ1v) is 11.4. The second-order valence-corrected chi connectivity index (χ2v) is 8.92. The van der Waals surface area contributed by atoms with Crippen LogP contribution in [0.5, 0.6) is 0 Å². The number of hydrogen-bond acceptors (Lipinski definition) is 5. The Kier molecular flexibility index (Phi) is 6.42. The van der Waals surface area contributed by atoms with Crippen molar-refractivity contribution < 1.29 is 19.2 Å². The fraction of sp³-hybridized carbons (Fsp3) is 0.154. The predicted molar refractivity (Wildman–Crippen MR) is 129 cm³/mol. The van der Waals surface area contributed by atoms with E-state index in [1.807, 2.05) is 25.1 Å². The Morgan fingerprint density at radius 1 is 0.848 bits per heavy atom. The van der Waals surface area contributed by atoms with E-state index in [9.17, 15) is 19.2 Å². The van der Waals surface area contributed by atoms with Crippen LogP contribution in [0.4, 0.5) is 11.4 Å². The fourth-order valence-electron chi connectivity index (χ4n) is 3.80. The van der Waals surface area contributed by atoms with Gasteiger partial charge in [0.05, 0.1) is 16.5 Å². The summed E-state index contributed by atoms with van der Waals surface area (Å²) in [4.78, 5) is 51.4. The molecule has 166 valence electrons. The lowest BCUT2D eigenvalue weighted by molar-refractivity contribution is -0.116. The molecule has 1 unspecified atom stereocenters. The zero-order chi connectivity index (χ0) is 23.5. The summed E-state index contributed by atoms with van der Waals surface area (Å²) >= 11 is 1.37. The van der Waals surface area contributed by atoms with Crippen molar-refractivity contribution in [1.29, 1.82) is 0 Å². The van der Waals surface area contributed by atoms with Crippen LogP contribution in [0.2, 0.25) is 0 Å². The lowest BCUT2D eigenvalue weighted by Gasteiger charge is -2.21. The van der Waals surface area contributed by atoms with Gasteiger partial charge in [-0.3, -0.25) is 19.2 Å². The Balaban J connectivity index is 1.58. The minimum atomic E-state index is -0.435. The minimum Gasteiger partial charge on any atom is -0.326 e. The molecule has 1 aliphatic rings. The van der Waals surface area contributed by atoms with Crippen LogP contribution >= 0.6 is 11.8 Å². The van der Waals surface area contributed by atoms with E-state index in [1.165, 1.54) is 18.7 Å². The molecular formula is C26H22N2O4S. The highest BCUT2D eigenvalue weighted by Crippen LogP contribution is 2.33. The van der Waals surface area contributed by atoms with Crippen molar-refractivity contribution >= 4 is 46.5 Å². The largest absolute Gasteiger partial charge is 0.326 e. The molecular weight excluding hydrogens is 436 g/mol. The Morgan fingerprint density at radius 2 is 1.52 bits per heavy atom. The molecule has 1 aliphatic carbocycles. The van der Waals surface area contributed by atoms with Crippen LogP contribution in [0.25, 0.3) is 0 Å². The zero-order valence-electron chi connectivity index (χ0n) is 18.2. The molecule has 0 saturated carbocycles. The first kappa shape index (κ1) is 22.5. The Morgan fingerprint density at radius 3 is 2.21 bits per heavy atom. The van der Waals surface area contributed by atoms with Crippen LogP contribution in [0.15, 0.2) is 71.6 Å². The predicted octanol–water partition coefficient (Wildman–Crippen LogP) is 4.93. The van der Waals surface area contributed by atoms with E-state index in [2.05, 4.69) is 10.6 Å². The quantitative estimate of drug-likeness (QED) is 0.400. The van der Waals surface area contributed by atoms with Crippen molar-refractivity contribution in [1.82, 2.24) is 0 Å². The number of fused-ring (bicyclic) bond motifs is 2. The van der Waals surface area contributed by atoms with Gasteiger partial charge in [0.15, 0.2) is 11.6 Å². The highest BCUT2D eigenvalue weighted by atomic mass is 32.2.